The van der Waals surface area contributed by atoms with Gasteiger partial charge < -0.3 is 11.1 Å². The molecule has 1 aromatic carbocycles. The van der Waals surface area contributed by atoms with Gasteiger partial charge in [0.15, 0.2) is 0 Å². The van der Waals surface area contributed by atoms with Crippen LogP contribution in [0.4, 0.5) is 5.69 Å². The van der Waals surface area contributed by atoms with E-state index in [0.717, 1.165) is 28.0 Å². The van der Waals surface area contributed by atoms with Crippen LogP contribution in [-0.2, 0) is 13.1 Å². The van der Waals surface area contributed by atoms with Crippen molar-refractivity contribution >= 4 is 21.6 Å². The Labute approximate surface area is 109 Å². The van der Waals surface area contributed by atoms with Gasteiger partial charge in [-0.1, -0.05) is 22.0 Å². The topological polar surface area (TPSA) is 50.9 Å². The minimum atomic E-state index is 0.487. The van der Waals surface area contributed by atoms with Crippen LogP contribution in [0.1, 0.15) is 11.3 Å². The smallest absolute Gasteiger partial charge is 0.0539 e. The first-order chi connectivity index (χ1) is 8.28. The Hall–Kier alpha value is -1.39. The maximum Gasteiger partial charge on any atom is 0.0539 e. The molecule has 0 saturated heterocycles. The lowest BCUT2D eigenvalue weighted by Gasteiger charge is -2.06. The molecule has 0 atom stereocenters. The molecule has 1 heterocycles. The molecule has 0 amide bonds. The van der Waals surface area contributed by atoms with Crippen molar-refractivity contribution in [1.82, 2.24) is 4.98 Å². The van der Waals surface area contributed by atoms with Gasteiger partial charge in [-0.25, -0.2) is 0 Å². The Bertz CT molecular complexity index is 465. The van der Waals surface area contributed by atoms with Crippen molar-refractivity contribution in [3.8, 4) is 0 Å². The second-order valence-electron chi connectivity index (χ2n) is 3.72. The summed E-state index contributed by atoms with van der Waals surface area (Å²) in [6.45, 7) is 1.25. The van der Waals surface area contributed by atoms with Gasteiger partial charge in [0.05, 0.1) is 5.69 Å². The monoisotopic (exact) mass is 291 g/mol. The molecule has 1 aromatic heterocycles. The van der Waals surface area contributed by atoms with E-state index in [1.165, 1.54) is 0 Å². The van der Waals surface area contributed by atoms with E-state index in [-0.39, 0.29) is 0 Å². The van der Waals surface area contributed by atoms with E-state index in [4.69, 9.17) is 5.73 Å². The number of pyridine rings is 1. The third kappa shape index (κ3) is 3.54. The van der Waals surface area contributed by atoms with Crippen molar-refractivity contribution in [3.63, 3.8) is 0 Å². The highest BCUT2D eigenvalue weighted by Gasteiger charge is 1.96. The lowest BCUT2D eigenvalue weighted by Crippen LogP contribution is -2.02. The van der Waals surface area contributed by atoms with Gasteiger partial charge in [0.1, 0.15) is 0 Å². The van der Waals surface area contributed by atoms with Gasteiger partial charge in [-0.05, 0) is 35.9 Å². The van der Waals surface area contributed by atoms with E-state index in [1.54, 1.807) is 0 Å². The van der Waals surface area contributed by atoms with Gasteiger partial charge >= 0.3 is 0 Å². The number of benzene rings is 1. The minimum absolute atomic E-state index is 0.487. The highest BCUT2D eigenvalue weighted by Crippen LogP contribution is 2.14. The summed E-state index contributed by atoms with van der Waals surface area (Å²) < 4.78 is 1.08. The molecular weight excluding hydrogens is 278 g/mol. The summed E-state index contributed by atoms with van der Waals surface area (Å²) in [5.74, 6) is 0. The standard InChI is InChI=1S/C13H14BrN3/c14-11-2-5-12(6-3-11)16-8-10-1-4-13(7-15)17-9-10/h1-6,9,16H,7-8,15H2. The number of nitrogens with zero attached hydrogens (tertiary/aromatic N) is 1. The second kappa shape index (κ2) is 5.80. The van der Waals surface area contributed by atoms with Crippen molar-refractivity contribution in [2.45, 2.75) is 13.1 Å². The zero-order chi connectivity index (χ0) is 12.1. The molecule has 2 rings (SSSR count). The van der Waals surface area contributed by atoms with Crippen LogP contribution >= 0.6 is 15.9 Å². The van der Waals surface area contributed by atoms with E-state index < -0.39 is 0 Å². The van der Waals surface area contributed by atoms with Crippen molar-refractivity contribution < 1.29 is 0 Å². The average Bonchev–Trinajstić information content (AvgIpc) is 2.39. The van der Waals surface area contributed by atoms with Crippen molar-refractivity contribution in [1.29, 1.82) is 0 Å². The van der Waals surface area contributed by atoms with Gasteiger partial charge in [-0.15, -0.1) is 0 Å². The number of rotatable bonds is 4. The summed E-state index contributed by atoms with van der Waals surface area (Å²) in [4.78, 5) is 4.25. The third-order valence-corrected chi connectivity index (χ3v) is 2.96. The second-order valence-corrected chi connectivity index (χ2v) is 4.64. The van der Waals surface area contributed by atoms with Crippen LogP contribution in [0.5, 0.6) is 0 Å². The molecule has 0 saturated carbocycles. The molecule has 0 unspecified atom stereocenters. The van der Waals surface area contributed by atoms with Crippen molar-refractivity contribution in [2.24, 2.45) is 5.73 Å². The first-order valence-corrected chi connectivity index (χ1v) is 6.20. The minimum Gasteiger partial charge on any atom is -0.381 e. The van der Waals surface area contributed by atoms with E-state index in [2.05, 4.69) is 26.2 Å². The Morgan fingerprint density at radius 2 is 1.88 bits per heavy atom. The molecular formula is C13H14BrN3. The highest BCUT2D eigenvalue weighted by atomic mass is 79.9. The number of hydrogen-bond donors (Lipinski definition) is 2. The molecule has 0 fully saturated rings. The zero-order valence-corrected chi connectivity index (χ0v) is 10.9. The van der Waals surface area contributed by atoms with Crippen LogP contribution in [0, 0.1) is 0 Å². The molecule has 0 radical (unpaired) electrons. The average molecular weight is 292 g/mol. The molecule has 88 valence electrons. The number of halogens is 1. The quantitative estimate of drug-likeness (QED) is 0.911. The van der Waals surface area contributed by atoms with Gasteiger partial charge in [-0.3, -0.25) is 4.98 Å². The Morgan fingerprint density at radius 3 is 2.47 bits per heavy atom. The Kier molecular flexibility index (Phi) is 4.12. The SMILES string of the molecule is NCc1ccc(CNc2ccc(Br)cc2)cn1. The Morgan fingerprint density at radius 1 is 1.12 bits per heavy atom. The number of nitrogens with two attached hydrogens (primary N) is 1. The fourth-order valence-corrected chi connectivity index (χ4v) is 1.72. The van der Waals surface area contributed by atoms with Gasteiger partial charge in [0, 0.05) is 29.4 Å². The molecule has 17 heavy (non-hydrogen) atoms. The molecule has 3 N–H and O–H groups in total. The summed E-state index contributed by atoms with van der Waals surface area (Å²) in [6, 6.07) is 12.1. The number of aromatic nitrogens is 1. The van der Waals surface area contributed by atoms with E-state index in [1.807, 2.05) is 42.6 Å². The number of nitrogens with one attached hydrogen (secondary N) is 1. The molecule has 3 nitrogen and oxygen atoms in total. The van der Waals surface area contributed by atoms with Gasteiger partial charge in [0.2, 0.25) is 0 Å². The largest absolute Gasteiger partial charge is 0.381 e. The molecule has 0 aliphatic carbocycles. The molecule has 4 heteroatoms. The summed E-state index contributed by atoms with van der Waals surface area (Å²) in [7, 11) is 0. The Balaban J connectivity index is 1.95. The van der Waals surface area contributed by atoms with Crippen molar-refractivity contribution in [3.05, 3.63) is 58.3 Å². The summed E-state index contributed by atoms with van der Waals surface area (Å²) in [6.07, 6.45) is 1.86. The lowest BCUT2D eigenvalue weighted by atomic mass is 10.2. The first kappa shape index (κ1) is 12.1. The number of hydrogen-bond acceptors (Lipinski definition) is 3. The fraction of sp³-hybridized carbons (Fsp3) is 0.154. The van der Waals surface area contributed by atoms with Crippen LogP contribution in [0.2, 0.25) is 0 Å². The van der Waals surface area contributed by atoms with Crippen LogP contribution < -0.4 is 11.1 Å². The van der Waals surface area contributed by atoms with Crippen LogP contribution in [-0.4, -0.2) is 4.98 Å². The normalized spacial score (nSPS) is 10.2. The highest BCUT2D eigenvalue weighted by molar-refractivity contribution is 9.10. The van der Waals surface area contributed by atoms with Crippen molar-refractivity contribution in [2.75, 3.05) is 5.32 Å². The first-order valence-electron chi connectivity index (χ1n) is 5.41. The summed E-state index contributed by atoms with van der Waals surface area (Å²) in [5, 5.41) is 3.33. The predicted octanol–water partition coefficient (Wildman–Crippen LogP) is 2.91. The van der Waals surface area contributed by atoms with E-state index in [9.17, 15) is 0 Å². The van der Waals surface area contributed by atoms with Crippen LogP contribution in [0.25, 0.3) is 0 Å². The summed E-state index contributed by atoms with van der Waals surface area (Å²) >= 11 is 3.41. The maximum absolute atomic E-state index is 5.50. The van der Waals surface area contributed by atoms with Gasteiger partial charge in [0.25, 0.3) is 0 Å². The molecule has 0 bridgehead atoms. The third-order valence-electron chi connectivity index (χ3n) is 2.44. The van der Waals surface area contributed by atoms with Crippen LogP contribution in [0.15, 0.2) is 47.1 Å². The molecule has 0 aliphatic rings. The van der Waals surface area contributed by atoms with E-state index in [0.29, 0.717) is 6.54 Å². The molecule has 0 spiro atoms. The lowest BCUT2D eigenvalue weighted by molar-refractivity contribution is 0.973. The maximum atomic E-state index is 5.50. The van der Waals surface area contributed by atoms with Gasteiger partial charge in [-0.2, -0.15) is 0 Å². The fourth-order valence-electron chi connectivity index (χ4n) is 1.45. The zero-order valence-electron chi connectivity index (χ0n) is 9.36. The van der Waals surface area contributed by atoms with E-state index >= 15 is 0 Å². The molecule has 2 aromatic rings. The molecule has 0 aliphatic heterocycles. The predicted molar refractivity (Wildman–Crippen MR) is 73.6 cm³/mol. The number of anilines is 1. The summed E-state index contributed by atoms with van der Waals surface area (Å²) in [5.41, 5.74) is 8.65. The van der Waals surface area contributed by atoms with Crippen LogP contribution in [0.3, 0.4) is 0 Å².